The van der Waals surface area contributed by atoms with Gasteiger partial charge in [-0.15, -0.1) is 0 Å². The predicted molar refractivity (Wildman–Crippen MR) is 81.1 cm³/mol. The van der Waals surface area contributed by atoms with Crippen molar-refractivity contribution >= 4 is 11.9 Å². The molecule has 0 aliphatic carbocycles. The number of nitrogens with zero attached hydrogens (tertiary/aromatic N) is 1. The van der Waals surface area contributed by atoms with Crippen LogP contribution < -0.4 is 5.32 Å². The van der Waals surface area contributed by atoms with Crippen LogP contribution >= 0.6 is 11.9 Å². The molecule has 0 fully saturated rings. The maximum Gasteiger partial charge on any atom is 0.0249 e. The highest BCUT2D eigenvalue weighted by molar-refractivity contribution is 7.96. The third-order valence-electron chi connectivity index (χ3n) is 2.15. The molecule has 0 bridgehead atoms. The van der Waals surface area contributed by atoms with Crippen LogP contribution in [0.1, 0.15) is 48.5 Å². The number of hydrogen-bond acceptors (Lipinski definition) is 3. The molecule has 0 rings (SSSR count). The average molecular weight is 250 g/mol. The largest absolute Gasteiger partial charge is 0.315 e. The van der Waals surface area contributed by atoms with Crippen molar-refractivity contribution in [1.29, 1.82) is 0 Å². The highest BCUT2D eigenvalue weighted by atomic mass is 32.2. The van der Waals surface area contributed by atoms with Gasteiger partial charge in [-0.1, -0.05) is 60.4 Å². The van der Waals surface area contributed by atoms with E-state index in [-0.39, 0.29) is 0 Å². The second-order valence-electron chi connectivity index (χ2n) is 4.20. The van der Waals surface area contributed by atoms with Gasteiger partial charge >= 0.3 is 0 Å². The van der Waals surface area contributed by atoms with Crippen LogP contribution in [0.3, 0.4) is 0 Å². The minimum atomic E-state index is 0.332. The first-order valence-electron chi connectivity index (χ1n) is 6.34. The van der Waals surface area contributed by atoms with Crippen molar-refractivity contribution in [3.8, 4) is 0 Å². The van der Waals surface area contributed by atoms with Crippen LogP contribution in [0, 0.1) is 5.41 Å². The molecule has 102 valence electrons. The van der Waals surface area contributed by atoms with Crippen molar-refractivity contribution in [2.75, 3.05) is 26.9 Å². The lowest BCUT2D eigenvalue weighted by atomic mass is 9.87. The Morgan fingerprint density at radius 3 is 1.69 bits per heavy atom. The minimum Gasteiger partial charge on any atom is -0.315 e. The molecule has 0 heterocycles. The molecule has 0 aliphatic rings. The lowest BCUT2D eigenvalue weighted by Gasteiger charge is -2.32. The summed E-state index contributed by atoms with van der Waals surface area (Å²) in [4.78, 5) is 0. The van der Waals surface area contributed by atoms with Crippen molar-refractivity contribution in [2.24, 2.45) is 5.41 Å². The SMILES string of the molecule is CC.CC.CNC(CN(C)SC)C(C)(C)C. The van der Waals surface area contributed by atoms with Gasteiger partial charge in [-0.05, 0) is 25.8 Å². The lowest BCUT2D eigenvalue weighted by Crippen LogP contribution is -2.44. The van der Waals surface area contributed by atoms with Crippen molar-refractivity contribution < 1.29 is 0 Å². The monoisotopic (exact) mass is 250 g/mol. The molecule has 0 aliphatic heterocycles. The number of rotatable bonds is 4. The van der Waals surface area contributed by atoms with Crippen molar-refractivity contribution in [3.05, 3.63) is 0 Å². The van der Waals surface area contributed by atoms with E-state index in [4.69, 9.17) is 0 Å². The molecular formula is C13H34N2S. The Balaban J connectivity index is -0.000000376. The number of hydrogen-bond donors (Lipinski definition) is 1. The van der Waals surface area contributed by atoms with Crippen LogP contribution in [0.15, 0.2) is 0 Å². The van der Waals surface area contributed by atoms with Gasteiger partial charge < -0.3 is 5.32 Å². The Kier molecular flexibility index (Phi) is 18.0. The highest BCUT2D eigenvalue weighted by Crippen LogP contribution is 2.20. The molecule has 0 spiro atoms. The predicted octanol–water partition coefficient (Wildman–Crippen LogP) is 3.88. The first-order chi connectivity index (χ1) is 7.41. The van der Waals surface area contributed by atoms with Crippen LogP contribution in [-0.4, -0.2) is 37.2 Å². The zero-order valence-corrected chi connectivity index (χ0v) is 14.0. The second-order valence-corrected chi connectivity index (χ2v) is 5.19. The fraction of sp³-hybridized carbons (Fsp3) is 1.00. The normalized spacial score (nSPS) is 12.2. The summed E-state index contributed by atoms with van der Waals surface area (Å²) in [6.45, 7) is 15.9. The molecule has 0 amide bonds. The van der Waals surface area contributed by atoms with Crippen molar-refractivity contribution in [3.63, 3.8) is 0 Å². The van der Waals surface area contributed by atoms with Crippen LogP contribution in [0.2, 0.25) is 0 Å². The van der Waals surface area contributed by atoms with E-state index in [1.54, 1.807) is 11.9 Å². The van der Waals surface area contributed by atoms with E-state index in [0.29, 0.717) is 11.5 Å². The third-order valence-corrected chi connectivity index (χ3v) is 2.92. The molecular weight excluding hydrogens is 216 g/mol. The van der Waals surface area contributed by atoms with Gasteiger partial charge in [0.2, 0.25) is 0 Å². The van der Waals surface area contributed by atoms with E-state index in [1.807, 2.05) is 34.7 Å². The molecule has 0 radical (unpaired) electrons. The quantitative estimate of drug-likeness (QED) is 0.762. The van der Waals surface area contributed by atoms with E-state index in [0.717, 1.165) is 6.54 Å². The summed E-state index contributed by atoms with van der Waals surface area (Å²) in [6, 6.07) is 0.551. The van der Waals surface area contributed by atoms with Crippen LogP contribution in [-0.2, 0) is 0 Å². The van der Waals surface area contributed by atoms with E-state index in [1.165, 1.54) is 0 Å². The van der Waals surface area contributed by atoms with E-state index in [9.17, 15) is 0 Å². The van der Waals surface area contributed by atoms with Crippen molar-refractivity contribution in [1.82, 2.24) is 9.62 Å². The standard InChI is InChI=1S/C9H22N2S.2C2H6/c1-9(2,3)8(10-4)7-11(5)12-6;2*1-2/h8,10H,7H2,1-6H3;2*1-2H3. The van der Waals surface area contributed by atoms with Crippen molar-refractivity contribution in [2.45, 2.75) is 54.5 Å². The number of nitrogens with one attached hydrogen (secondary N) is 1. The van der Waals surface area contributed by atoms with Gasteiger partial charge in [0.1, 0.15) is 0 Å². The zero-order valence-electron chi connectivity index (χ0n) is 13.1. The maximum atomic E-state index is 3.35. The smallest absolute Gasteiger partial charge is 0.0249 e. The Hall–Kier alpha value is 0.270. The van der Waals surface area contributed by atoms with Gasteiger partial charge in [0, 0.05) is 12.6 Å². The number of likely N-dealkylation sites (N-methyl/N-ethyl adjacent to an activating group) is 2. The Bertz CT molecular complexity index is 122. The minimum absolute atomic E-state index is 0.332. The van der Waals surface area contributed by atoms with Gasteiger partial charge in [0.05, 0.1) is 0 Å². The van der Waals surface area contributed by atoms with Gasteiger partial charge in [-0.2, -0.15) is 0 Å². The van der Waals surface area contributed by atoms with Gasteiger partial charge in [0.15, 0.2) is 0 Å². The van der Waals surface area contributed by atoms with Crippen LogP contribution in [0.25, 0.3) is 0 Å². The molecule has 1 atom stereocenters. The van der Waals surface area contributed by atoms with Gasteiger partial charge in [-0.3, -0.25) is 4.31 Å². The summed E-state index contributed by atoms with van der Waals surface area (Å²) in [5.74, 6) is 0. The van der Waals surface area contributed by atoms with E-state index in [2.05, 4.69) is 43.7 Å². The maximum absolute atomic E-state index is 3.35. The Labute approximate surface area is 109 Å². The molecule has 0 saturated carbocycles. The first kappa shape index (κ1) is 21.5. The molecule has 1 N–H and O–H groups in total. The Morgan fingerprint density at radius 2 is 1.50 bits per heavy atom. The average Bonchev–Trinajstić information content (AvgIpc) is 2.29. The molecule has 1 unspecified atom stereocenters. The fourth-order valence-electron chi connectivity index (χ4n) is 1.13. The Morgan fingerprint density at radius 1 is 1.12 bits per heavy atom. The fourth-order valence-corrected chi connectivity index (χ4v) is 1.43. The molecule has 0 aromatic carbocycles. The molecule has 2 nitrogen and oxygen atoms in total. The van der Waals surface area contributed by atoms with E-state index >= 15 is 0 Å². The zero-order chi connectivity index (χ0) is 13.8. The summed E-state index contributed by atoms with van der Waals surface area (Å²) in [5.41, 5.74) is 0.332. The summed E-state index contributed by atoms with van der Waals surface area (Å²) in [6.07, 6.45) is 2.11. The summed E-state index contributed by atoms with van der Waals surface area (Å²) < 4.78 is 2.26. The van der Waals surface area contributed by atoms with Gasteiger partial charge in [-0.25, -0.2) is 0 Å². The van der Waals surface area contributed by atoms with Crippen LogP contribution in [0.4, 0.5) is 0 Å². The summed E-state index contributed by atoms with van der Waals surface area (Å²) in [7, 11) is 4.16. The molecule has 0 aromatic heterocycles. The molecule has 16 heavy (non-hydrogen) atoms. The summed E-state index contributed by atoms with van der Waals surface area (Å²) in [5, 5.41) is 3.35. The first-order valence-corrected chi connectivity index (χ1v) is 7.52. The molecule has 0 saturated heterocycles. The molecule has 3 heteroatoms. The topological polar surface area (TPSA) is 15.3 Å². The lowest BCUT2D eigenvalue weighted by molar-refractivity contribution is 0.252. The second kappa shape index (κ2) is 13.3. The van der Waals surface area contributed by atoms with Gasteiger partial charge in [0.25, 0.3) is 0 Å². The highest BCUT2D eigenvalue weighted by Gasteiger charge is 2.23. The van der Waals surface area contributed by atoms with Crippen LogP contribution in [0.5, 0.6) is 0 Å². The van der Waals surface area contributed by atoms with E-state index < -0.39 is 0 Å². The molecule has 0 aromatic rings. The third kappa shape index (κ3) is 12.3. The summed E-state index contributed by atoms with van der Waals surface area (Å²) >= 11 is 1.78.